The highest BCUT2D eigenvalue weighted by atomic mass is 79.9. The van der Waals surface area contributed by atoms with Crippen molar-refractivity contribution in [2.75, 3.05) is 11.9 Å². The molecule has 156 valence electrons. The second kappa shape index (κ2) is 9.40. The molecule has 1 heterocycles. The molecule has 0 saturated heterocycles. The minimum atomic E-state index is -0.709. The van der Waals surface area contributed by atoms with Crippen molar-refractivity contribution in [1.82, 2.24) is 5.48 Å². The number of amidine groups is 1. The average Bonchev–Trinajstić information content (AvgIpc) is 2.92. The van der Waals surface area contributed by atoms with Crippen LogP contribution in [0.1, 0.15) is 11.1 Å². The summed E-state index contributed by atoms with van der Waals surface area (Å²) in [6, 6.07) is 19.0. The molecule has 0 bridgehead atoms. The number of hydrogen-bond donors (Lipinski definition) is 2. The highest BCUT2D eigenvalue weighted by Gasteiger charge is 2.19. The number of aliphatic imine (C=N–C) groups is 2. The second-order valence-electron chi connectivity index (χ2n) is 6.49. The Morgan fingerprint density at radius 3 is 2.58 bits per heavy atom. The van der Waals surface area contributed by atoms with Crippen molar-refractivity contribution in [3.05, 3.63) is 92.6 Å². The largest absolute Gasteiger partial charge is 0.435 e. The molecule has 1 amide bonds. The highest BCUT2D eigenvalue weighted by molar-refractivity contribution is 9.10. The predicted molar refractivity (Wildman–Crippen MR) is 126 cm³/mol. The lowest BCUT2D eigenvalue weighted by molar-refractivity contribution is 0.134. The number of nitrogens with one attached hydrogen (secondary N) is 2. The average molecular weight is 546 g/mol. The number of fused-ring (bicyclic) bond motifs is 1. The van der Waals surface area contributed by atoms with Crippen LogP contribution in [0, 0.1) is 5.82 Å². The van der Waals surface area contributed by atoms with E-state index < -0.39 is 6.09 Å². The molecular formula is C22H15Br2FN4O2. The fourth-order valence-electron chi connectivity index (χ4n) is 2.97. The number of amides is 1. The van der Waals surface area contributed by atoms with Gasteiger partial charge >= 0.3 is 6.09 Å². The molecule has 2 N–H and O–H groups in total. The van der Waals surface area contributed by atoms with Gasteiger partial charge < -0.3 is 4.84 Å². The zero-order chi connectivity index (χ0) is 21.8. The Balaban J connectivity index is 1.56. The lowest BCUT2D eigenvalue weighted by Gasteiger charge is -2.09. The summed E-state index contributed by atoms with van der Waals surface area (Å²) in [5, 5.41) is 2.61. The fraction of sp³-hybridized carbons (Fsp3) is 0.0455. The van der Waals surface area contributed by atoms with E-state index in [-0.39, 0.29) is 12.4 Å². The van der Waals surface area contributed by atoms with E-state index in [1.807, 2.05) is 18.2 Å². The number of nitrogens with zero attached hydrogens (tertiary/aromatic N) is 2. The van der Waals surface area contributed by atoms with E-state index in [1.165, 1.54) is 6.07 Å². The van der Waals surface area contributed by atoms with E-state index in [4.69, 9.17) is 4.84 Å². The number of carbonyl (C=O) groups excluding carboxylic acids is 1. The van der Waals surface area contributed by atoms with Gasteiger partial charge in [-0.25, -0.2) is 19.7 Å². The first-order valence-corrected chi connectivity index (χ1v) is 10.7. The van der Waals surface area contributed by atoms with Crippen molar-refractivity contribution >= 4 is 60.9 Å². The van der Waals surface area contributed by atoms with Crippen LogP contribution in [0.3, 0.4) is 0 Å². The van der Waals surface area contributed by atoms with Crippen LogP contribution < -0.4 is 10.8 Å². The number of halogens is 3. The Hall–Kier alpha value is -3.04. The standard InChI is InChI=1S/C22H15Br2FN4O2/c23-13-4-3-5-15(10-13)27-22(30)31-29-20-12-26-21(16-6-1-2-7-18(16)25)17-11-14(24)8-9-19(17)28-20/h1-11H,12H2,(H,27,30)(H,28,29). The summed E-state index contributed by atoms with van der Waals surface area (Å²) in [4.78, 5) is 26.3. The van der Waals surface area contributed by atoms with Crippen LogP contribution in [0.2, 0.25) is 0 Å². The summed E-state index contributed by atoms with van der Waals surface area (Å²) in [5.74, 6) is -0.0764. The van der Waals surface area contributed by atoms with Crippen LogP contribution in [-0.2, 0) is 4.84 Å². The third-order valence-corrected chi connectivity index (χ3v) is 5.30. The molecule has 0 unspecified atom stereocenters. The van der Waals surface area contributed by atoms with Crippen LogP contribution in [-0.4, -0.2) is 24.2 Å². The highest BCUT2D eigenvalue weighted by Crippen LogP contribution is 2.29. The maximum absolute atomic E-state index is 14.5. The number of hydroxylamine groups is 1. The van der Waals surface area contributed by atoms with Crippen LogP contribution in [0.4, 0.5) is 20.6 Å². The van der Waals surface area contributed by atoms with Crippen molar-refractivity contribution in [2.24, 2.45) is 9.98 Å². The van der Waals surface area contributed by atoms with Crippen LogP contribution >= 0.6 is 31.9 Å². The summed E-state index contributed by atoms with van der Waals surface area (Å²) < 4.78 is 16.1. The molecule has 0 spiro atoms. The van der Waals surface area contributed by atoms with Crippen molar-refractivity contribution in [1.29, 1.82) is 0 Å². The minimum Gasteiger partial charge on any atom is -0.323 e. The van der Waals surface area contributed by atoms with Gasteiger partial charge in [-0.2, -0.15) is 0 Å². The molecule has 0 aliphatic carbocycles. The summed E-state index contributed by atoms with van der Waals surface area (Å²) in [6.45, 7) is 0.0696. The Labute approximate surface area is 194 Å². The van der Waals surface area contributed by atoms with E-state index in [2.05, 4.69) is 52.6 Å². The quantitative estimate of drug-likeness (QED) is 0.389. The number of hydrogen-bond acceptors (Lipinski definition) is 5. The topological polar surface area (TPSA) is 75.1 Å². The first-order chi connectivity index (χ1) is 15.0. The van der Waals surface area contributed by atoms with Crippen molar-refractivity contribution in [3.8, 4) is 0 Å². The normalized spacial score (nSPS) is 12.7. The molecule has 31 heavy (non-hydrogen) atoms. The Bertz CT molecular complexity index is 1210. The summed E-state index contributed by atoms with van der Waals surface area (Å²) in [7, 11) is 0. The lowest BCUT2D eigenvalue weighted by atomic mass is 10.0. The fourth-order valence-corrected chi connectivity index (χ4v) is 3.73. The maximum Gasteiger partial charge on any atom is 0.435 e. The van der Waals surface area contributed by atoms with Crippen molar-refractivity contribution < 1.29 is 14.0 Å². The third-order valence-electron chi connectivity index (χ3n) is 4.32. The molecule has 3 aromatic carbocycles. The van der Waals surface area contributed by atoms with Gasteiger partial charge in [0.15, 0.2) is 5.84 Å². The van der Waals surface area contributed by atoms with E-state index >= 15 is 0 Å². The molecule has 4 rings (SSSR count). The molecule has 1 aliphatic rings. The molecule has 0 radical (unpaired) electrons. The van der Waals surface area contributed by atoms with Gasteiger partial charge in [-0.15, -0.1) is 0 Å². The zero-order valence-electron chi connectivity index (χ0n) is 15.9. The molecule has 0 saturated carbocycles. The van der Waals surface area contributed by atoms with Gasteiger partial charge in [-0.1, -0.05) is 50.1 Å². The zero-order valence-corrected chi connectivity index (χ0v) is 19.1. The van der Waals surface area contributed by atoms with Gasteiger partial charge in [0.05, 0.1) is 11.4 Å². The summed E-state index contributed by atoms with van der Waals surface area (Å²) in [6.07, 6.45) is -0.709. The SMILES string of the molecule is O=C(Nc1cccc(Br)c1)ONC1=Nc2ccc(Br)cc2C(c2ccccc2F)=NC1. The van der Waals surface area contributed by atoms with E-state index in [1.54, 1.807) is 42.5 Å². The monoisotopic (exact) mass is 544 g/mol. The minimum absolute atomic E-state index is 0.0696. The third kappa shape index (κ3) is 5.18. The van der Waals surface area contributed by atoms with Crippen molar-refractivity contribution in [2.45, 2.75) is 0 Å². The molecule has 1 aliphatic heterocycles. The molecule has 3 aromatic rings. The molecule has 9 heteroatoms. The van der Waals surface area contributed by atoms with Crippen LogP contribution in [0.15, 0.2) is 85.7 Å². The predicted octanol–water partition coefficient (Wildman–Crippen LogP) is 5.99. The van der Waals surface area contributed by atoms with Crippen molar-refractivity contribution in [3.63, 3.8) is 0 Å². The Morgan fingerprint density at radius 2 is 1.77 bits per heavy atom. The van der Waals surface area contributed by atoms with Gasteiger partial charge in [0, 0.05) is 25.8 Å². The summed E-state index contributed by atoms with van der Waals surface area (Å²) >= 11 is 6.78. The van der Waals surface area contributed by atoms with Gasteiger partial charge in [0.25, 0.3) is 0 Å². The van der Waals surface area contributed by atoms with Gasteiger partial charge in [0.2, 0.25) is 0 Å². The van der Waals surface area contributed by atoms with Crippen LogP contribution in [0.5, 0.6) is 0 Å². The first-order valence-electron chi connectivity index (χ1n) is 9.16. The van der Waals surface area contributed by atoms with Gasteiger partial charge in [-0.3, -0.25) is 10.3 Å². The van der Waals surface area contributed by atoms with E-state index in [0.29, 0.717) is 34.0 Å². The Kier molecular flexibility index (Phi) is 6.43. The second-order valence-corrected chi connectivity index (χ2v) is 8.32. The number of rotatable bonds is 2. The van der Waals surface area contributed by atoms with E-state index in [9.17, 15) is 9.18 Å². The molecule has 0 fully saturated rings. The lowest BCUT2D eigenvalue weighted by Crippen LogP contribution is -2.31. The van der Waals surface area contributed by atoms with Gasteiger partial charge in [0.1, 0.15) is 12.4 Å². The van der Waals surface area contributed by atoms with E-state index in [0.717, 1.165) is 8.95 Å². The van der Waals surface area contributed by atoms with Crippen LogP contribution in [0.25, 0.3) is 0 Å². The Morgan fingerprint density at radius 1 is 0.968 bits per heavy atom. The molecule has 0 atom stereocenters. The van der Waals surface area contributed by atoms with Gasteiger partial charge in [-0.05, 0) is 48.5 Å². The number of carbonyl (C=O) groups is 1. The first kappa shape index (κ1) is 21.2. The smallest absolute Gasteiger partial charge is 0.323 e. The molecule has 0 aromatic heterocycles. The molecule has 6 nitrogen and oxygen atoms in total. The number of anilines is 1. The number of benzene rings is 3. The maximum atomic E-state index is 14.5. The molecular weight excluding hydrogens is 531 g/mol. The summed E-state index contributed by atoms with van der Waals surface area (Å²) in [5.41, 5.74) is 5.19.